The molecule has 6 nitrogen and oxygen atoms in total. The number of carbonyl (C=O) groups excluding carboxylic acids is 1. The molecule has 0 aliphatic rings. The van der Waals surface area contributed by atoms with Crippen molar-refractivity contribution in [2.75, 3.05) is 7.11 Å². The van der Waals surface area contributed by atoms with Crippen molar-refractivity contribution in [3.05, 3.63) is 87.1 Å². The maximum absolute atomic E-state index is 11.7. The maximum atomic E-state index is 11.7. The van der Waals surface area contributed by atoms with Crippen LogP contribution in [0.4, 0.5) is 5.69 Å². The summed E-state index contributed by atoms with van der Waals surface area (Å²) in [5.74, 6) is 0.730. The molecule has 0 bridgehead atoms. The van der Waals surface area contributed by atoms with E-state index in [0.29, 0.717) is 37.6 Å². The summed E-state index contributed by atoms with van der Waals surface area (Å²) in [6.07, 6.45) is 0. The van der Waals surface area contributed by atoms with E-state index in [4.69, 9.17) is 32.7 Å². The smallest absolute Gasteiger partial charge is 0.337 e. The lowest BCUT2D eigenvalue weighted by molar-refractivity contribution is 0.0600. The third kappa shape index (κ3) is 5.02. The van der Waals surface area contributed by atoms with Crippen molar-refractivity contribution >= 4 is 46.2 Å². The standard InChI is InChI=1S/C23H17Cl2N3O3S/c1-28-23(26-16-9-10-19(24)20(25)13-16)32-21(27-28)14-5-3-7-17(11-14)31-18-8-4-6-15(12-18)22(29)30-2/h3-13H,1-2H3. The molecule has 32 heavy (non-hydrogen) atoms. The lowest BCUT2D eigenvalue weighted by atomic mass is 10.2. The van der Waals surface area contributed by atoms with Gasteiger partial charge in [0.15, 0.2) is 0 Å². The molecular formula is C23H17Cl2N3O3S. The highest BCUT2D eigenvalue weighted by molar-refractivity contribution is 7.12. The molecule has 9 heteroatoms. The van der Waals surface area contributed by atoms with Crippen LogP contribution in [0.2, 0.25) is 10.0 Å². The fraction of sp³-hybridized carbons (Fsp3) is 0.0870. The summed E-state index contributed by atoms with van der Waals surface area (Å²) in [5, 5.41) is 6.28. The second kappa shape index (κ2) is 9.56. The molecule has 0 unspecified atom stereocenters. The number of methoxy groups -OCH3 is 1. The maximum Gasteiger partial charge on any atom is 0.337 e. The molecule has 1 aromatic heterocycles. The van der Waals surface area contributed by atoms with Crippen molar-refractivity contribution in [3.63, 3.8) is 0 Å². The summed E-state index contributed by atoms with van der Waals surface area (Å²) in [4.78, 5) is 17.1. The van der Waals surface area contributed by atoms with E-state index in [1.165, 1.54) is 18.4 Å². The van der Waals surface area contributed by atoms with Crippen LogP contribution in [0, 0.1) is 0 Å². The highest BCUT2D eigenvalue weighted by Crippen LogP contribution is 2.29. The van der Waals surface area contributed by atoms with Gasteiger partial charge in [-0.2, -0.15) is 5.10 Å². The van der Waals surface area contributed by atoms with Crippen molar-refractivity contribution in [1.29, 1.82) is 0 Å². The topological polar surface area (TPSA) is 65.7 Å². The number of aromatic nitrogens is 2. The number of hydrogen-bond donors (Lipinski definition) is 0. The van der Waals surface area contributed by atoms with E-state index in [1.54, 1.807) is 47.1 Å². The molecule has 1 heterocycles. The largest absolute Gasteiger partial charge is 0.465 e. The van der Waals surface area contributed by atoms with Crippen LogP contribution in [-0.4, -0.2) is 22.9 Å². The first-order valence-corrected chi connectivity index (χ1v) is 11.0. The minimum absolute atomic E-state index is 0.418. The summed E-state index contributed by atoms with van der Waals surface area (Å²) in [6, 6.07) is 19.6. The fourth-order valence-electron chi connectivity index (χ4n) is 2.86. The predicted molar refractivity (Wildman–Crippen MR) is 126 cm³/mol. The zero-order valence-corrected chi connectivity index (χ0v) is 19.4. The van der Waals surface area contributed by atoms with Crippen molar-refractivity contribution in [1.82, 2.24) is 9.78 Å². The van der Waals surface area contributed by atoms with Gasteiger partial charge in [0.2, 0.25) is 4.80 Å². The lowest BCUT2D eigenvalue weighted by Gasteiger charge is -2.08. The molecule has 0 saturated heterocycles. The molecule has 162 valence electrons. The number of carbonyl (C=O) groups is 1. The van der Waals surface area contributed by atoms with Crippen LogP contribution in [0.5, 0.6) is 11.5 Å². The fourth-order valence-corrected chi connectivity index (χ4v) is 4.06. The van der Waals surface area contributed by atoms with Crippen molar-refractivity contribution in [2.45, 2.75) is 0 Å². The molecule has 3 aromatic carbocycles. The predicted octanol–water partition coefficient (Wildman–Crippen LogP) is 6.27. The Balaban J connectivity index is 1.61. The first-order chi connectivity index (χ1) is 15.4. The molecular weight excluding hydrogens is 469 g/mol. The van der Waals surface area contributed by atoms with Gasteiger partial charge in [0.1, 0.15) is 16.5 Å². The van der Waals surface area contributed by atoms with Gasteiger partial charge in [-0.05, 0) is 48.5 Å². The summed E-state index contributed by atoms with van der Waals surface area (Å²) < 4.78 is 12.4. The monoisotopic (exact) mass is 485 g/mol. The number of halogens is 2. The lowest BCUT2D eigenvalue weighted by Crippen LogP contribution is -2.10. The Morgan fingerprint density at radius 2 is 1.75 bits per heavy atom. The minimum Gasteiger partial charge on any atom is -0.465 e. The van der Waals surface area contributed by atoms with Gasteiger partial charge in [-0.1, -0.05) is 52.7 Å². The van der Waals surface area contributed by atoms with E-state index in [-0.39, 0.29) is 0 Å². The Hall–Kier alpha value is -3.13. The summed E-state index contributed by atoms with van der Waals surface area (Å²) in [7, 11) is 3.17. The van der Waals surface area contributed by atoms with Crippen LogP contribution in [0.3, 0.4) is 0 Å². The number of esters is 1. The SMILES string of the molecule is COC(=O)c1cccc(Oc2cccc(-c3nn(C)c(=Nc4ccc(Cl)c(Cl)c4)s3)c2)c1. The van der Waals surface area contributed by atoms with Crippen LogP contribution >= 0.6 is 34.5 Å². The molecule has 0 amide bonds. The van der Waals surface area contributed by atoms with Crippen molar-refractivity contribution in [3.8, 4) is 22.1 Å². The van der Waals surface area contributed by atoms with Crippen LogP contribution in [0.25, 0.3) is 10.6 Å². The molecule has 4 aromatic rings. The zero-order valence-electron chi connectivity index (χ0n) is 17.1. The van der Waals surface area contributed by atoms with Gasteiger partial charge in [-0.25, -0.2) is 14.5 Å². The second-order valence-electron chi connectivity index (χ2n) is 6.67. The van der Waals surface area contributed by atoms with Crippen LogP contribution < -0.4 is 9.54 Å². The molecule has 0 aliphatic heterocycles. The normalized spacial score (nSPS) is 11.4. The number of nitrogens with zero attached hydrogens (tertiary/aromatic N) is 3. The highest BCUT2D eigenvalue weighted by Gasteiger charge is 2.10. The molecule has 0 fully saturated rings. The average Bonchev–Trinajstić information content (AvgIpc) is 3.16. The summed E-state index contributed by atoms with van der Waals surface area (Å²) in [6.45, 7) is 0. The number of hydrogen-bond acceptors (Lipinski definition) is 6. The first-order valence-electron chi connectivity index (χ1n) is 9.43. The molecule has 0 spiro atoms. The van der Waals surface area contributed by atoms with Gasteiger partial charge < -0.3 is 9.47 Å². The molecule has 0 radical (unpaired) electrons. The highest BCUT2D eigenvalue weighted by atomic mass is 35.5. The summed E-state index contributed by atoms with van der Waals surface area (Å²) >= 11 is 13.5. The minimum atomic E-state index is -0.419. The van der Waals surface area contributed by atoms with Crippen molar-refractivity contribution in [2.24, 2.45) is 12.0 Å². The quantitative estimate of drug-likeness (QED) is 0.312. The van der Waals surface area contributed by atoms with Gasteiger partial charge in [0.05, 0.1) is 28.4 Å². The van der Waals surface area contributed by atoms with E-state index >= 15 is 0 Å². The Morgan fingerprint density at radius 1 is 1.00 bits per heavy atom. The van der Waals surface area contributed by atoms with Crippen LogP contribution in [0.1, 0.15) is 10.4 Å². The Morgan fingerprint density at radius 3 is 2.50 bits per heavy atom. The number of ether oxygens (including phenoxy) is 2. The van der Waals surface area contributed by atoms with E-state index in [2.05, 4.69) is 10.1 Å². The van der Waals surface area contributed by atoms with Gasteiger partial charge >= 0.3 is 5.97 Å². The number of rotatable bonds is 5. The number of aryl methyl sites for hydroxylation is 1. The van der Waals surface area contributed by atoms with E-state index in [9.17, 15) is 4.79 Å². The molecule has 4 rings (SSSR count). The van der Waals surface area contributed by atoms with Crippen LogP contribution in [-0.2, 0) is 11.8 Å². The van der Waals surface area contributed by atoms with E-state index in [0.717, 1.165) is 10.6 Å². The first kappa shape index (κ1) is 22.1. The molecule has 0 saturated carbocycles. The van der Waals surface area contributed by atoms with E-state index in [1.807, 2.05) is 31.3 Å². The third-order valence-electron chi connectivity index (χ3n) is 4.41. The summed E-state index contributed by atoms with van der Waals surface area (Å²) in [5.41, 5.74) is 1.98. The van der Waals surface area contributed by atoms with Crippen molar-refractivity contribution < 1.29 is 14.3 Å². The molecule has 0 aliphatic carbocycles. The second-order valence-corrected chi connectivity index (χ2v) is 8.44. The molecule has 0 atom stereocenters. The Bertz CT molecular complexity index is 1360. The third-order valence-corrected chi connectivity index (χ3v) is 6.19. The zero-order chi connectivity index (χ0) is 22.7. The van der Waals surface area contributed by atoms with Gasteiger partial charge in [-0.15, -0.1) is 0 Å². The van der Waals surface area contributed by atoms with Crippen LogP contribution in [0.15, 0.2) is 71.7 Å². The van der Waals surface area contributed by atoms with Gasteiger partial charge in [0, 0.05) is 12.6 Å². The Labute approximate surface area is 198 Å². The molecule has 0 N–H and O–H groups in total. The van der Waals surface area contributed by atoms with E-state index < -0.39 is 5.97 Å². The van der Waals surface area contributed by atoms with Gasteiger partial charge in [0.25, 0.3) is 0 Å². The number of benzene rings is 3. The Kier molecular flexibility index (Phi) is 6.60. The van der Waals surface area contributed by atoms with Gasteiger partial charge in [-0.3, -0.25) is 0 Å². The average molecular weight is 486 g/mol.